The molecule has 0 aliphatic carbocycles. The standard InChI is InChI=1S/C9H16O4/c1-8(2)12-7-9(3,13-8)4-6(5-10)11-7/h6-7,10H,4-5H2,1-3H3. The van der Waals surface area contributed by atoms with Crippen molar-refractivity contribution in [3.8, 4) is 0 Å². The van der Waals surface area contributed by atoms with E-state index in [1.54, 1.807) is 0 Å². The summed E-state index contributed by atoms with van der Waals surface area (Å²) in [6.45, 7) is 5.73. The summed E-state index contributed by atoms with van der Waals surface area (Å²) >= 11 is 0. The van der Waals surface area contributed by atoms with Crippen LogP contribution in [0.15, 0.2) is 0 Å². The summed E-state index contributed by atoms with van der Waals surface area (Å²) < 4.78 is 16.8. The van der Waals surface area contributed by atoms with E-state index in [2.05, 4.69) is 0 Å². The van der Waals surface area contributed by atoms with Crippen molar-refractivity contribution in [3.05, 3.63) is 0 Å². The van der Waals surface area contributed by atoms with Crippen molar-refractivity contribution in [2.24, 2.45) is 0 Å². The number of fused-ring (bicyclic) bond motifs is 1. The molecule has 3 unspecified atom stereocenters. The summed E-state index contributed by atoms with van der Waals surface area (Å²) in [6, 6.07) is 0. The molecule has 0 bridgehead atoms. The van der Waals surface area contributed by atoms with Gasteiger partial charge in [0.2, 0.25) is 0 Å². The first-order valence-electron chi connectivity index (χ1n) is 4.59. The molecule has 4 heteroatoms. The lowest BCUT2D eigenvalue weighted by molar-refractivity contribution is -0.209. The van der Waals surface area contributed by atoms with E-state index in [1.165, 1.54) is 0 Å². The van der Waals surface area contributed by atoms with Crippen LogP contribution in [0.3, 0.4) is 0 Å². The zero-order chi connectivity index (χ0) is 9.69. The fraction of sp³-hybridized carbons (Fsp3) is 1.00. The molecule has 3 atom stereocenters. The van der Waals surface area contributed by atoms with E-state index in [9.17, 15) is 0 Å². The van der Waals surface area contributed by atoms with E-state index >= 15 is 0 Å². The molecule has 13 heavy (non-hydrogen) atoms. The molecule has 1 N–H and O–H groups in total. The molecular weight excluding hydrogens is 172 g/mol. The van der Waals surface area contributed by atoms with Gasteiger partial charge in [-0.25, -0.2) is 0 Å². The third-order valence-corrected chi connectivity index (χ3v) is 2.52. The first-order valence-corrected chi connectivity index (χ1v) is 4.59. The average Bonchev–Trinajstić information content (AvgIpc) is 2.35. The molecule has 4 nitrogen and oxygen atoms in total. The third-order valence-electron chi connectivity index (χ3n) is 2.52. The van der Waals surface area contributed by atoms with Gasteiger partial charge in [0, 0.05) is 6.42 Å². The van der Waals surface area contributed by atoms with Crippen molar-refractivity contribution in [2.75, 3.05) is 6.61 Å². The summed E-state index contributed by atoms with van der Waals surface area (Å²) in [5.41, 5.74) is -0.392. The number of hydrogen-bond acceptors (Lipinski definition) is 4. The Morgan fingerprint density at radius 2 is 2.08 bits per heavy atom. The maximum Gasteiger partial charge on any atom is 0.190 e. The highest BCUT2D eigenvalue weighted by Crippen LogP contribution is 2.44. The van der Waals surface area contributed by atoms with Gasteiger partial charge in [0.05, 0.1) is 12.7 Å². The van der Waals surface area contributed by atoms with Gasteiger partial charge in [-0.05, 0) is 20.8 Å². The number of ether oxygens (including phenoxy) is 3. The SMILES string of the molecule is CC1(C)OC2OC(CO)CC2(C)O1. The molecule has 0 spiro atoms. The predicted molar refractivity (Wildman–Crippen MR) is 45.0 cm³/mol. The van der Waals surface area contributed by atoms with E-state index in [0.717, 1.165) is 0 Å². The molecule has 2 heterocycles. The van der Waals surface area contributed by atoms with Gasteiger partial charge in [-0.1, -0.05) is 0 Å². The second-order valence-electron chi connectivity index (χ2n) is 4.41. The largest absolute Gasteiger partial charge is 0.394 e. The lowest BCUT2D eigenvalue weighted by Gasteiger charge is -2.22. The van der Waals surface area contributed by atoms with Crippen LogP contribution in [0.1, 0.15) is 27.2 Å². The van der Waals surface area contributed by atoms with Gasteiger partial charge in [-0.15, -0.1) is 0 Å². The van der Waals surface area contributed by atoms with E-state index in [1.807, 2.05) is 20.8 Å². The Labute approximate surface area is 77.8 Å². The zero-order valence-electron chi connectivity index (χ0n) is 8.24. The first-order chi connectivity index (χ1) is 5.95. The van der Waals surface area contributed by atoms with Crippen LogP contribution in [0.2, 0.25) is 0 Å². The molecular formula is C9H16O4. The van der Waals surface area contributed by atoms with E-state index in [0.29, 0.717) is 6.42 Å². The monoisotopic (exact) mass is 188 g/mol. The van der Waals surface area contributed by atoms with Crippen LogP contribution in [-0.4, -0.2) is 35.5 Å². The van der Waals surface area contributed by atoms with Gasteiger partial charge in [-0.2, -0.15) is 0 Å². The van der Waals surface area contributed by atoms with Gasteiger partial charge in [0.15, 0.2) is 12.1 Å². The second-order valence-corrected chi connectivity index (χ2v) is 4.41. The normalized spacial score (nSPS) is 48.0. The minimum Gasteiger partial charge on any atom is -0.394 e. The van der Waals surface area contributed by atoms with Crippen molar-refractivity contribution < 1.29 is 19.3 Å². The summed E-state index contributed by atoms with van der Waals surface area (Å²) in [7, 11) is 0. The lowest BCUT2D eigenvalue weighted by atomic mass is 10.0. The summed E-state index contributed by atoms with van der Waals surface area (Å²) in [5.74, 6) is -0.570. The van der Waals surface area contributed by atoms with Crippen molar-refractivity contribution in [1.29, 1.82) is 0 Å². The summed E-state index contributed by atoms with van der Waals surface area (Å²) in [4.78, 5) is 0. The molecule has 0 aromatic carbocycles. The molecule has 76 valence electrons. The third kappa shape index (κ3) is 1.48. The van der Waals surface area contributed by atoms with Crippen LogP contribution >= 0.6 is 0 Å². The highest BCUT2D eigenvalue weighted by molar-refractivity contribution is 4.95. The molecule has 2 fully saturated rings. The smallest absolute Gasteiger partial charge is 0.190 e. The maximum absolute atomic E-state index is 8.93. The number of aliphatic hydroxyl groups is 1. The molecule has 0 radical (unpaired) electrons. The summed E-state index contributed by atoms with van der Waals surface area (Å²) in [6.07, 6.45) is 0.211. The Balaban J connectivity index is 2.11. The van der Waals surface area contributed by atoms with E-state index in [-0.39, 0.29) is 19.0 Å². The quantitative estimate of drug-likeness (QED) is 0.656. The van der Waals surface area contributed by atoms with Crippen molar-refractivity contribution in [1.82, 2.24) is 0 Å². The molecule has 0 saturated carbocycles. The summed E-state index contributed by atoms with van der Waals surface area (Å²) in [5, 5.41) is 8.93. The number of hydrogen-bond donors (Lipinski definition) is 1. The van der Waals surface area contributed by atoms with Crippen LogP contribution in [-0.2, 0) is 14.2 Å². The molecule has 2 aliphatic heterocycles. The lowest BCUT2D eigenvalue weighted by Crippen LogP contribution is -2.32. The van der Waals surface area contributed by atoms with Crippen LogP contribution in [0.4, 0.5) is 0 Å². The Bertz CT molecular complexity index is 216. The molecule has 0 amide bonds. The molecule has 2 aliphatic rings. The van der Waals surface area contributed by atoms with Gasteiger partial charge in [-0.3, -0.25) is 0 Å². The fourth-order valence-corrected chi connectivity index (χ4v) is 2.11. The van der Waals surface area contributed by atoms with Gasteiger partial charge < -0.3 is 19.3 Å². The van der Waals surface area contributed by atoms with Crippen LogP contribution < -0.4 is 0 Å². The van der Waals surface area contributed by atoms with Crippen LogP contribution in [0.5, 0.6) is 0 Å². The van der Waals surface area contributed by atoms with Crippen molar-refractivity contribution in [2.45, 2.75) is 51.0 Å². The van der Waals surface area contributed by atoms with Gasteiger partial charge in [0.1, 0.15) is 5.60 Å². The van der Waals surface area contributed by atoms with Gasteiger partial charge >= 0.3 is 0 Å². The Kier molecular flexibility index (Phi) is 1.93. The maximum atomic E-state index is 8.93. The Hall–Kier alpha value is -0.160. The van der Waals surface area contributed by atoms with Crippen molar-refractivity contribution in [3.63, 3.8) is 0 Å². The minimum atomic E-state index is -0.570. The Morgan fingerprint density at radius 3 is 2.62 bits per heavy atom. The molecule has 0 aromatic heterocycles. The Morgan fingerprint density at radius 1 is 1.38 bits per heavy atom. The fourth-order valence-electron chi connectivity index (χ4n) is 2.11. The molecule has 0 aromatic rings. The van der Waals surface area contributed by atoms with Crippen molar-refractivity contribution >= 4 is 0 Å². The second kappa shape index (κ2) is 2.67. The van der Waals surface area contributed by atoms with E-state index < -0.39 is 11.4 Å². The minimum absolute atomic E-state index is 0.0270. The number of rotatable bonds is 1. The van der Waals surface area contributed by atoms with Crippen LogP contribution in [0.25, 0.3) is 0 Å². The van der Waals surface area contributed by atoms with Crippen LogP contribution in [0, 0.1) is 0 Å². The molecule has 2 saturated heterocycles. The van der Waals surface area contributed by atoms with Gasteiger partial charge in [0.25, 0.3) is 0 Å². The highest BCUT2D eigenvalue weighted by Gasteiger charge is 2.56. The first kappa shape index (κ1) is 9.40. The molecule has 2 rings (SSSR count). The predicted octanol–water partition coefficient (Wildman–Crippen LogP) is 0.635. The number of aliphatic hydroxyl groups excluding tert-OH is 1. The average molecular weight is 188 g/mol. The van der Waals surface area contributed by atoms with E-state index in [4.69, 9.17) is 19.3 Å². The highest BCUT2D eigenvalue weighted by atomic mass is 16.8. The zero-order valence-corrected chi connectivity index (χ0v) is 8.24. The topological polar surface area (TPSA) is 47.9 Å².